The lowest BCUT2D eigenvalue weighted by molar-refractivity contribution is -0.144. The van der Waals surface area contributed by atoms with E-state index in [-0.39, 0.29) is 12.5 Å². The van der Waals surface area contributed by atoms with Crippen molar-refractivity contribution in [1.82, 2.24) is 15.8 Å². The summed E-state index contributed by atoms with van der Waals surface area (Å²) in [4.78, 5) is 39.5. The third-order valence-electron chi connectivity index (χ3n) is 5.15. The van der Waals surface area contributed by atoms with Crippen molar-refractivity contribution in [3.8, 4) is 11.5 Å². The van der Waals surface area contributed by atoms with Crippen molar-refractivity contribution in [1.29, 1.82) is 0 Å². The fourth-order valence-electron chi connectivity index (χ4n) is 3.63. The summed E-state index contributed by atoms with van der Waals surface area (Å²) in [6.45, 7) is 0.529. The van der Waals surface area contributed by atoms with Gasteiger partial charge in [0.25, 0.3) is 11.8 Å². The summed E-state index contributed by atoms with van der Waals surface area (Å²) in [5.41, 5.74) is 5.54. The Labute approximate surface area is 174 Å². The number of ether oxygens (including phenoxy) is 2. The summed E-state index contributed by atoms with van der Waals surface area (Å²) >= 11 is 0. The Hall–Kier alpha value is -3.55. The van der Waals surface area contributed by atoms with Gasteiger partial charge in [0.15, 0.2) is 11.5 Å². The van der Waals surface area contributed by atoms with Crippen LogP contribution in [0.4, 0.5) is 0 Å². The van der Waals surface area contributed by atoms with E-state index in [9.17, 15) is 14.4 Å². The predicted octanol–water partition coefficient (Wildman–Crippen LogP) is 1.73. The third kappa shape index (κ3) is 4.22. The van der Waals surface area contributed by atoms with Crippen LogP contribution < -0.4 is 20.3 Å². The fraction of sp³-hybridized carbons (Fsp3) is 0.318. The van der Waals surface area contributed by atoms with Crippen LogP contribution in [0.3, 0.4) is 0 Å². The van der Waals surface area contributed by atoms with E-state index >= 15 is 0 Å². The van der Waals surface area contributed by atoms with E-state index in [0.717, 1.165) is 12.8 Å². The smallest absolute Gasteiger partial charge is 0.283 e. The number of benzene rings is 2. The Kier molecular flexibility index (Phi) is 5.83. The van der Waals surface area contributed by atoms with Crippen LogP contribution in [-0.4, -0.2) is 41.9 Å². The van der Waals surface area contributed by atoms with Crippen molar-refractivity contribution >= 4 is 17.7 Å². The van der Waals surface area contributed by atoms with E-state index < -0.39 is 24.0 Å². The van der Waals surface area contributed by atoms with Crippen LogP contribution >= 0.6 is 0 Å². The molecule has 2 unspecified atom stereocenters. The molecule has 0 aliphatic carbocycles. The molecule has 1 fully saturated rings. The molecule has 4 rings (SSSR count). The molecular formula is C22H23N3O5. The van der Waals surface area contributed by atoms with Gasteiger partial charge in [-0.3, -0.25) is 25.2 Å². The fourth-order valence-corrected chi connectivity index (χ4v) is 3.63. The van der Waals surface area contributed by atoms with Gasteiger partial charge in [0.1, 0.15) is 12.6 Å². The van der Waals surface area contributed by atoms with E-state index in [0.29, 0.717) is 30.0 Å². The molecule has 2 aliphatic rings. The maximum atomic E-state index is 13.0. The number of nitrogens with one attached hydrogen (secondary N) is 2. The number of nitrogens with zero attached hydrogens (tertiary/aromatic N) is 1. The van der Waals surface area contributed by atoms with Gasteiger partial charge in [0.05, 0.1) is 0 Å². The van der Waals surface area contributed by atoms with E-state index in [1.54, 1.807) is 35.2 Å². The van der Waals surface area contributed by atoms with Crippen LogP contribution in [0, 0.1) is 0 Å². The topological polar surface area (TPSA) is 97.0 Å². The van der Waals surface area contributed by atoms with Crippen molar-refractivity contribution in [2.45, 2.75) is 31.4 Å². The molecule has 156 valence electrons. The number of hydrogen-bond acceptors (Lipinski definition) is 5. The summed E-state index contributed by atoms with van der Waals surface area (Å²) in [5.74, 6) is -0.0524. The summed E-state index contributed by atoms with van der Waals surface area (Å²) in [7, 11) is 0. The van der Waals surface area contributed by atoms with Gasteiger partial charge in [-0.15, -0.1) is 0 Å². The van der Waals surface area contributed by atoms with Crippen LogP contribution in [0.5, 0.6) is 11.5 Å². The maximum absolute atomic E-state index is 13.0. The van der Waals surface area contributed by atoms with Gasteiger partial charge >= 0.3 is 0 Å². The van der Waals surface area contributed by atoms with Gasteiger partial charge in [0.2, 0.25) is 12.0 Å². The van der Waals surface area contributed by atoms with Gasteiger partial charge in [-0.25, -0.2) is 0 Å². The molecule has 2 aromatic carbocycles. The third-order valence-corrected chi connectivity index (χ3v) is 5.15. The number of likely N-dealkylation sites (tertiary alicyclic amines) is 1. The Morgan fingerprint density at radius 2 is 1.70 bits per heavy atom. The number of carbonyl (C=O) groups excluding carboxylic acids is 3. The average molecular weight is 409 g/mol. The highest BCUT2D eigenvalue weighted by molar-refractivity contribution is 5.91. The first-order valence-electron chi connectivity index (χ1n) is 9.96. The van der Waals surface area contributed by atoms with Gasteiger partial charge in [0, 0.05) is 13.0 Å². The minimum Gasteiger partial charge on any atom is -0.485 e. The summed E-state index contributed by atoms with van der Waals surface area (Å²) in [5, 5.41) is 0. The van der Waals surface area contributed by atoms with Crippen LogP contribution in [0.2, 0.25) is 0 Å². The van der Waals surface area contributed by atoms with Gasteiger partial charge in [-0.05, 0) is 30.5 Å². The van der Waals surface area contributed by atoms with E-state index in [4.69, 9.17) is 9.47 Å². The zero-order chi connectivity index (χ0) is 20.9. The molecule has 30 heavy (non-hydrogen) atoms. The second kappa shape index (κ2) is 8.86. The van der Waals surface area contributed by atoms with Crippen LogP contribution in [0.15, 0.2) is 54.6 Å². The van der Waals surface area contributed by atoms with Crippen molar-refractivity contribution in [3.63, 3.8) is 0 Å². The summed E-state index contributed by atoms with van der Waals surface area (Å²) in [6.07, 6.45) is 1.17. The highest BCUT2D eigenvalue weighted by Crippen LogP contribution is 2.31. The van der Waals surface area contributed by atoms with Crippen molar-refractivity contribution in [2.75, 3.05) is 13.2 Å². The number of carbonyl (C=O) groups is 3. The zero-order valence-electron chi connectivity index (χ0n) is 16.4. The van der Waals surface area contributed by atoms with Crippen molar-refractivity contribution in [2.24, 2.45) is 0 Å². The van der Waals surface area contributed by atoms with Gasteiger partial charge in [-0.2, -0.15) is 0 Å². The van der Waals surface area contributed by atoms with E-state index in [2.05, 4.69) is 10.9 Å². The molecule has 1 saturated heterocycles. The molecule has 0 radical (unpaired) electrons. The van der Waals surface area contributed by atoms with Crippen molar-refractivity contribution in [3.05, 3.63) is 60.2 Å². The molecule has 2 atom stereocenters. The van der Waals surface area contributed by atoms with Crippen LogP contribution in [-0.2, 0) is 14.4 Å². The highest BCUT2D eigenvalue weighted by Gasteiger charge is 2.34. The molecule has 2 heterocycles. The van der Waals surface area contributed by atoms with Gasteiger partial charge in [-0.1, -0.05) is 42.5 Å². The molecule has 2 aromatic rings. The lowest BCUT2D eigenvalue weighted by Gasteiger charge is -2.34. The molecule has 3 amide bonds. The summed E-state index contributed by atoms with van der Waals surface area (Å²) < 4.78 is 11.2. The monoisotopic (exact) mass is 409 g/mol. The van der Waals surface area contributed by atoms with Crippen LogP contribution in [0.25, 0.3) is 0 Å². The second-order valence-electron chi connectivity index (χ2n) is 7.20. The SMILES string of the molecule is O=C(NNC(=O)C(c1ccccc1)N1CCCCC1=O)C1COc2ccccc2O1. The molecule has 0 spiro atoms. The van der Waals surface area contributed by atoms with Crippen molar-refractivity contribution < 1.29 is 23.9 Å². The molecule has 8 heteroatoms. The minimum absolute atomic E-state index is 0.0332. The predicted molar refractivity (Wildman–Crippen MR) is 107 cm³/mol. The second-order valence-corrected chi connectivity index (χ2v) is 7.20. The van der Waals surface area contributed by atoms with E-state index in [1.807, 2.05) is 24.3 Å². The molecule has 8 nitrogen and oxygen atoms in total. The Balaban J connectivity index is 1.43. The lowest BCUT2D eigenvalue weighted by atomic mass is 10.0. The first-order chi connectivity index (χ1) is 14.6. The quantitative estimate of drug-likeness (QED) is 0.750. The minimum atomic E-state index is -0.896. The Bertz CT molecular complexity index is 933. The number of amides is 3. The van der Waals surface area contributed by atoms with Gasteiger partial charge < -0.3 is 14.4 Å². The Morgan fingerprint density at radius 3 is 2.47 bits per heavy atom. The normalized spacial score (nSPS) is 19.0. The molecule has 2 N–H and O–H groups in total. The standard InChI is InChI=1S/C22H23N3O5/c26-19-12-6-7-13-25(19)20(15-8-2-1-3-9-15)22(28)24-23-21(27)18-14-29-16-10-4-5-11-17(16)30-18/h1-5,8-11,18,20H,6-7,12-14H2,(H,23,27)(H,24,28). The molecule has 0 saturated carbocycles. The molecule has 0 bridgehead atoms. The molecule has 0 aromatic heterocycles. The molecule has 2 aliphatic heterocycles. The number of piperidine rings is 1. The zero-order valence-corrected chi connectivity index (χ0v) is 16.4. The highest BCUT2D eigenvalue weighted by atomic mass is 16.6. The first-order valence-corrected chi connectivity index (χ1v) is 9.96. The number of para-hydroxylation sites is 2. The average Bonchev–Trinajstić information content (AvgIpc) is 2.79. The summed E-state index contributed by atoms with van der Waals surface area (Å²) in [6, 6.07) is 15.3. The maximum Gasteiger partial charge on any atom is 0.283 e. The number of fused-ring (bicyclic) bond motifs is 1. The molecular weight excluding hydrogens is 386 g/mol. The Morgan fingerprint density at radius 1 is 0.967 bits per heavy atom. The number of hydrazine groups is 1. The number of hydrogen-bond donors (Lipinski definition) is 2. The first kappa shape index (κ1) is 19.8. The van der Waals surface area contributed by atoms with Crippen LogP contribution in [0.1, 0.15) is 30.9 Å². The lowest BCUT2D eigenvalue weighted by Crippen LogP contribution is -2.54. The number of rotatable bonds is 4. The van der Waals surface area contributed by atoms with E-state index in [1.165, 1.54) is 0 Å². The largest absolute Gasteiger partial charge is 0.485 e.